The van der Waals surface area contributed by atoms with Crippen LogP contribution in [-0.4, -0.2) is 19.6 Å². The molecule has 0 aliphatic heterocycles. The highest BCUT2D eigenvalue weighted by Gasteiger charge is 2.22. The quantitative estimate of drug-likeness (QED) is 0.872. The van der Waals surface area contributed by atoms with Crippen LogP contribution in [0.25, 0.3) is 0 Å². The zero-order valence-electron chi connectivity index (χ0n) is 12.1. The molecular formula is C16H25FN2. The number of halogens is 1. The highest BCUT2D eigenvalue weighted by Crippen LogP contribution is 2.30. The van der Waals surface area contributed by atoms with Crippen molar-refractivity contribution in [3.05, 3.63) is 29.6 Å². The number of rotatable bonds is 5. The van der Waals surface area contributed by atoms with Crippen molar-refractivity contribution in [3.8, 4) is 0 Å². The number of benzene rings is 1. The van der Waals surface area contributed by atoms with E-state index in [4.69, 9.17) is 0 Å². The first-order valence-corrected chi connectivity index (χ1v) is 7.45. The summed E-state index contributed by atoms with van der Waals surface area (Å²) in [6.07, 6.45) is 6.24. The Morgan fingerprint density at radius 1 is 1.26 bits per heavy atom. The number of nitrogens with one attached hydrogen (secondary N) is 1. The summed E-state index contributed by atoms with van der Waals surface area (Å²) in [6.45, 7) is 3.72. The van der Waals surface area contributed by atoms with Gasteiger partial charge >= 0.3 is 0 Å². The second kappa shape index (κ2) is 6.90. The Morgan fingerprint density at radius 3 is 2.68 bits per heavy atom. The molecule has 0 aromatic heterocycles. The van der Waals surface area contributed by atoms with Gasteiger partial charge in [-0.25, -0.2) is 4.39 Å². The van der Waals surface area contributed by atoms with Crippen LogP contribution < -0.4 is 10.2 Å². The third-order valence-corrected chi connectivity index (χ3v) is 4.11. The Kier molecular flexibility index (Phi) is 5.20. The molecule has 0 spiro atoms. The van der Waals surface area contributed by atoms with Gasteiger partial charge in [0.05, 0.1) is 5.69 Å². The van der Waals surface area contributed by atoms with E-state index in [2.05, 4.69) is 17.1 Å². The molecule has 1 N–H and O–H groups in total. The molecule has 1 aromatic rings. The van der Waals surface area contributed by atoms with E-state index in [0.29, 0.717) is 6.04 Å². The lowest BCUT2D eigenvalue weighted by Crippen LogP contribution is -2.35. The second-order valence-corrected chi connectivity index (χ2v) is 5.43. The molecule has 0 amide bonds. The molecule has 1 aromatic carbocycles. The molecular weight excluding hydrogens is 239 g/mol. The van der Waals surface area contributed by atoms with Gasteiger partial charge in [-0.1, -0.05) is 38.3 Å². The summed E-state index contributed by atoms with van der Waals surface area (Å²) in [6, 6.07) is 5.90. The Labute approximate surface area is 116 Å². The summed E-state index contributed by atoms with van der Waals surface area (Å²) in [7, 11) is 2.05. The van der Waals surface area contributed by atoms with E-state index in [1.165, 1.54) is 32.1 Å². The van der Waals surface area contributed by atoms with Crippen molar-refractivity contribution in [2.24, 2.45) is 0 Å². The van der Waals surface area contributed by atoms with Crippen LogP contribution in [0.4, 0.5) is 10.1 Å². The fourth-order valence-corrected chi connectivity index (χ4v) is 3.01. The van der Waals surface area contributed by atoms with E-state index in [1.54, 1.807) is 12.1 Å². The van der Waals surface area contributed by atoms with E-state index in [9.17, 15) is 4.39 Å². The molecule has 1 saturated carbocycles. The number of nitrogens with zero attached hydrogens (tertiary/aromatic N) is 1. The van der Waals surface area contributed by atoms with Crippen molar-refractivity contribution < 1.29 is 4.39 Å². The molecule has 1 aliphatic carbocycles. The van der Waals surface area contributed by atoms with Gasteiger partial charge in [-0.2, -0.15) is 0 Å². The Bertz CT molecular complexity index is 400. The Balaban J connectivity index is 2.20. The molecule has 2 rings (SSSR count). The van der Waals surface area contributed by atoms with Gasteiger partial charge in [0.2, 0.25) is 0 Å². The van der Waals surface area contributed by atoms with Gasteiger partial charge in [-0.15, -0.1) is 0 Å². The summed E-state index contributed by atoms with van der Waals surface area (Å²) in [5.74, 6) is -0.0940. The van der Waals surface area contributed by atoms with E-state index >= 15 is 0 Å². The van der Waals surface area contributed by atoms with Crippen LogP contribution in [0.2, 0.25) is 0 Å². The van der Waals surface area contributed by atoms with Crippen molar-refractivity contribution in [3.63, 3.8) is 0 Å². The Morgan fingerprint density at radius 2 is 2.00 bits per heavy atom. The molecule has 0 heterocycles. The molecule has 0 radical (unpaired) electrons. The smallest absolute Gasteiger partial charge is 0.146 e. The molecule has 106 valence electrons. The molecule has 0 atom stereocenters. The van der Waals surface area contributed by atoms with E-state index in [1.807, 2.05) is 13.1 Å². The predicted molar refractivity (Wildman–Crippen MR) is 79.1 cm³/mol. The maximum atomic E-state index is 14.2. The van der Waals surface area contributed by atoms with Gasteiger partial charge in [0.25, 0.3) is 0 Å². The third-order valence-electron chi connectivity index (χ3n) is 4.11. The molecule has 0 bridgehead atoms. The average Bonchev–Trinajstić information content (AvgIpc) is 2.45. The standard InChI is InChI=1S/C16H25FN2/c1-3-18-12-13-8-7-11-15(17)16(13)19(2)14-9-5-4-6-10-14/h7-8,11,14,18H,3-6,9-10,12H2,1-2H3. The van der Waals surface area contributed by atoms with E-state index < -0.39 is 0 Å². The maximum Gasteiger partial charge on any atom is 0.146 e. The lowest BCUT2D eigenvalue weighted by Gasteiger charge is -2.34. The minimum Gasteiger partial charge on any atom is -0.369 e. The lowest BCUT2D eigenvalue weighted by molar-refractivity contribution is 0.423. The highest BCUT2D eigenvalue weighted by atomic mass is 19.1. The zero-order valence-corrected chi connectivity index (χ0v) is 12.1. The second-order valence-electron chi connectivity index (χ2n) is 5.43. The fourth-order valence-electron chi connectivity index (χ4n) is 3.01. The number of hydrogen-bond donors (Lipinski definition) is 1. The summed E-state index contributed by atoms with van der Waals surface area (Å²) >= 11 is 0. The van der Waals surface area contributed by atoms with Crippen LogP contribution in [0.3, 0.4) is 0 Å². The third kappa shape index (κ3) is 3.47. The van der Waals surface area contributed by atoms with Crippen LogP contribution in [0.15, 0.2) is 18.2 Å². The van der Waals surface area contributed by atoms with Gasteiger partial charge in [0.1, 0.15) is 5.82 Å². The minimum atomic E-state index is -0.0940. The number of anilines is 1. The van der Waals surface area contributed by atoms with E-state index in [-0.39, 0.29) is 5.82 Å². The van der Waals surface area contributed by atoms with Crippen molar-refractivity contribution >= 4 is 5.69 Å². The molecule has 0 unspecified atom stereocenters. The highest BCUT2D eigenvalue weighted by molar-refractivity contribution is 5.55. The van der Waals surface area contributed by atoms with Crippen molar-refractivity contribution in [2.45, 2.75) is 51.6 Å². The fraction of sp³-hybridized carbons (Fsp3) is 0.625. The number of para-hydroxylation sites is 1. The summed E-state index contributed by atoms with van der Waals surface area (Å²) in [5.41, 5.74) is 1.85. The van der Waals surface area contributed by atoms with Crippen LogP contribution in [0.5, 0.6) is 0 Å². The van der Waals surface area contributed by atoms with Crippen molar-refractivity contribution in [1.82, 2.24) is 5.32 Å². The predicted octanol–water partition coefficient (Wildman–Crippen LogP) is 3.70. The molecule has 1 aliphatic rings. The van der Waals surface area contributed by atoms with Crippen LogP contribution in [0, 0.1) is 5.82 Å². The van der Waals surface area contributed by atoms with Crippen LogP contribution in [0.1, 0.15) is 44.6 Å². The first-order chi connectivity index (χ1) is 9.24. The first kappa shape index (κ1) is 14.3. The van der Waals surface area contributed by atoms with E-state index in [0.717, 1.165) is 24.3 Å². The van der Waals surface area contributed by atoms with Gasteiger partial charge in [0.15, 0.2) is 0 Å². The molecule has 1 fully saturated rings. The maximum absolute atomic E-state index is 14.2. The molecule has 19 heavy (non-hydrogen) atoms. The summed E-state index contributed by atoms with van der Waals surface area (Å²) < 4.78 is 14.2. The van der Waals surface area contributed by atoms with Gasteiger partial charge in [-0.05, 0) is 31.0 Å². The number of hydrogen-bond acceptors (Lipinski definition) is 2. The molecule has 3 heteroatoms. The van der Waals surface area contributed by atoms with Gasteiger partial charge in [-0.3, -0.25) is 0 Å². The monoisotopic (exact) mass is 264 g/mol. The van der Waals surface area contributed by atoms with Gasteiger partial charge in [0, 0.05) is 19.6 Å². The topological polar surface area (TPSA) is 15.3 Å². The average molecular weight is 264 g/mol. The molecule has 0 saturated heterocycles. The normalized spacial score (nSPS) is 16.6. The minimum absolute atomic E-state index is 0.0940. The summed E-state index contributed by atoms with van der Waals surface area (Å²) in [4.78, 5) is 2.17. The Hall–Kier alpha value is -1.09. The molecule has 2 nitrogen and oxygen atoms in total. The zero-order chi connectivity index (χ0) is 13.7. The summed E-state index contributed by atoms with van der Waals surface area (Å²) in [5, 5.41) is 3.30. The van der Waals surface area contributed by atoms with Crippen molar-refractivity contribution in [2.75, 3.05) is 18.5 Å². The SMILES string of the molecule is CCNCc1cccc(F)c1N(C)C1CCCCC1. The van der Waals surface area contributed by atoms with Crippen molar-refractivity contribution in [1.29, 1.82) is 0 Å². The largest absolute Gasteiger partial charge is 0.369 e. The van der Waals surface area contributed by atoms with Crippen LogP contribution >= 0.6 is 0 Å². The van der Waals surface area contributed by atoms with Crippen LogP contribution in [-0.2, 0) is 6.54 Å². The lowest BCUT2D eigenvalue weighted by atomic mass is 9.93. The van der Waals surface area contributed by atoms with Gasteiger partial charge < -0.3 is 10.2 Å². The first-order valence-electron chi connectivity index (χ1n) is 7.45.